The average molecular weight is 394 g/mol. The van der Waals surface area contributed by atoms with Crippen LogP contribution in [0.5, 0.6) is 0 Å². The number of urea groups is 1. The molecule has 2 amide bonds. The van der Waals surface area contributed by atoms with E-state index < -0.39 is 21.4 Å². The van der Waals surface area contributed by atoms with Gasteiger partial charge in [0.15, 0.2) is 15.0 Å². The highest BCUT2D eigenvalue weighted by Gasteiger charge is 2.39. The lowest BCUT2D eigenvalue weighted by Crippen LogP contribution is -2.48. The minimum atomic E-state index is -3.07. The van der Waals surface area contributed by atoms with Crippen molar-refractivity contribution in [1.29, 1.82) is 0 Å². The Morgan fingerprint density at radius 1 is 1.27 bits per heavy atom. The molecule has 6 nitrogen and oxygen atoms in total. The summed E-state index contributed by atoms with van der Waals surface area (Å²) in [7, 11) is -3.07. The number of nitrogens with one attached hydrogen (secondary N) is 2. The van der Waals surface area contributed by atoms with Crippen LogP contribution >= 0.6 is 11.3 Å². The molecule has 1 aliphatic rings. The number of amides is 2. The van der Waals surface area contributed by atoms with Crippen LogP contribution in [0.2, 0.25) is 0 Å². The summed E-state index contributed by atoms with van der Waals surface area (Å²) in [6, 6.07) is 7.79. The van der Waals surface area contributed by atoms with Gasteiger partial charge in [0, 0.05) is 10.9 Å². The zero-order valence-corrected chi connectivity index (χ0v) is 16.7. The van der Waals surface area contributed by atoms with Crippen LogP contribution in [0.25, 0.3) is 11.3 Å². The molecule has 2 heterocycles. The zero-order chi connectivity index (χ0) is 18.9. The maximum atomic E-state index is 12.2. The molecule has 0 spiro atoms. The first-order valence-electron chi connectivity index (χ1n) is 8.51. The van der Waals surface area contributed by atoms with E-state index in [1.807, 2.05) is 17.5 Å². The number of sulfone groups is 1. The van der Waals surface area contributed by atoms with Crippen molar-refractivity contribution >= 4 is 32.3 Å². The average Bonchev–Trinajstić information content (AvgIpc) is 3.11. The number of thiazole rings is 1. The molecular formula is C18H23N3O3S2. The molecule has 0 unspecified atom stereocenters. The quantitative estimate of drug-likeness (QED) is 0.830. The minimum Gasteiger partial charge on any atom is -0.332 e. The highest BCUT2D eigenvalue weighted by atomic mass is 32.2. The van der Waals surface area contributed by atoms with E-state index in [4.69, 9.17) is 0 Å². The third kappa shape index (κ3) is 4.42. The molecule has 0 radical (unpaired) electrons. The molecular weight excluding hydrogens is 370 g/mol. The Balaban J connectivity index is 1.64. The molecule has 8 heteroatoms. The van der Waals surface area contributed by atoms with Gasteiger partial charge in [-0.25, -0.2) is 18.2 Å². The number of anilines is 1. The summed E-state index contributed by atoms with van der Waals surface area (Å²) >= 11 is 1.34. The topological polar surface area (TPSA) is 88.2 Å². The number of aromatic nitrogens is 1. The molecule has 0 aliphatic carbocycles. The van der Waals surface area contributed by atoms with E-state index in [1.54, 1.807) is 6.92 Å². The van der Waals surface area contributed by atoms with Gasteiger partial charge in [-0.15, -0.1) is 11.3 Å². The fourth-order valence-corrected chi connectivity index (χ4v) is 5.82. The highest BCUT2D eigenvalue weighted by Crippen LogP contribution is 2.27. The van der Waals surface area contributed by atoms with Crippen LogP contribution in [0.3, 0.4) is 0 Å². The molecule has 1 aliphatic heterocycles. The molecule has 1 aromatic carbocycles. The summed E-state index contributed by atoms with van der Waals surface area (Å²) in [6.45, 7) is 6.05. The van der Waals surface area contributed by atoms with Gasteiger partial charge in [-0.3, -0.25) is 5.32 Å². The van der Waals surface area contributed by atoms with E-state index in [2.05, 4.69) is 41.6 Å². The molecule has 3 rings (SSSR count). The Morgan fingerprint density at radius 3 is 2.54 bits per heavy atom. The molecule has 1 fully saturated rings. The van der Waals surface area contributed by atoms with Crippen molar-refractivity contribution in [3.8, 4) is 11.3 Å². The Bertz CT molecular complexity index is 904. The van der Waals surface area contributed by atoms with Crippen molar-refractivity contribution in [1.82, 2.24) is 10.3 Å². The van der Waals surface area contributed by atoms with Crippen LogP contribution in [0.15, 0.2) is 29.6 Å². The van der Waals surface area contributed by atoms with E-state index in [-0.39, 0.29) is 11.5 Å². The lowest BCUT2D eigenvalue weighted by atomic mass is 10.0. The van der Waals surface area contributed by atoms with Gasteiger partial charge in [0.05, 0.1) is 22.7 Å². The summed E-state index contributed by atoms with van der Waals surface area (Å²) in [6.07, 6.45) is 0.425. The largest absolute Gasteiger partial charge is 0.332 e. The van der Waals surface area contributed by atoms with Gasteiger partial charge in [0.2, 0.25) is 0 Å². The first kappa shape index (κ1) is 18.8. The lowest BCUT2D eigenvalue weighted by molar-refractivity contribution is 0.242. The summed E-state index contributed by atoms with van der Waals surface area (Å²) in [5.41, 5.74) is 2.33. The number of rotatable bonds is 4. The smallest absolute Gasteiger partial charge is 0.321 e. The summed E-state index contributed by atoms with van der Waals surface area (Å²) < 4.78 is 23.3. The molecule has 2 aromatic rings. The summed E-state index contributed by atoms with van der Waals surface area (Å²) in [4.78, 5) is 16.6. The van der Waals surface area contributed by atoms with Crippen LogP contribution in [0.4, 0.5) is 9.93 Å². The second-order valence-corrected chi connectivity index (χ2v) is 10.3. The maximum absolute atomic E-state index is 12.2. The van der Waals surface area contributed by atoms with Crippen LogP contribution in [-0.4, -0.2) is 36.5 Å². The van der Waals surface area contributed by atoms with Gasteiger partial charge in [-0.1, -0.05) is 38.1 Å². The van der Waals surface area contributed by atoms with Gasteiger partial charge in [0.25, 0.3) is 0 Å². The molecule has 0 saturated carbocycles. The highest BCUT2D eigenvalue weighted by molar-refractivity contribution is 7.91. The second kappa shape index (κ2) is 7.00. The van der Waals surface area contributed by atoms with Crippen molar-refractivity contribution in [2.45, 2.75) is 38.6 Å². The second-order valence-electron chi connectivity index (χ2n) is 7.30. The SMILES string of the molecule is CC(C)c1ccc(-c2csc(NC(=O)N[C@]3(C)CCS(=O)(=O)C3)n2)cc1. The van der Waals surface area contributed by atoms with Crippen LogP contribution < -0.4 is 10.6 Å². The predicted molar refractivity (Wildman–Crippen MR) is 105 cm³/mol. The number of nitrogens with zero attached hydrogens (tertiary/aromatic N) is 1. The van der Waals surface area contributed by atoms with Crippen LogP contribution in [0.1, 0.15) is 38.7 Å². The minimum absolute atomic E-state index is 0.0290. The van der Waals surface area contributed by atoms with Crippen molar-refractivity contribution in [2.75, 3.05) is 16.8 Å². The maximum Gasteiger partial charge on any atom is 0.321 e. The van der Waals surface area contributed by atoms with Crippen molar-refractivity contribution in [3.05, 3.63) is 35.2 Å². The molecule has 1 aromatic heterocycles. The van der Waals surface area contributed by atoms with Gasteiger partial charge in [0.1, 0.15) is 0 Å². The van der Waals surface area contributed by atoms with Crippen molar-refractivity contribution in [3.63, 3.8) is 0 Å². The third-order valence-electron chi connectivity index (χ3n) is 4.52. The van der Waals surface area contributed by atoms with E-state index in [9.17, 15) is 13.2 Å². The molecule has 2 N–H and O–H groups in total. The molecule has 1 saturated heterocycles. The monoisotopic (exact) mass is 393 g/mol. The standard InChI is InChI=1S/C18H23N3O3S2/c1-12(2)13-4-6-14(7-5-13)15-10-25-17(19-15)20-16(22)21-18(3)8-9-26(23,24)11-18/h4-7,10,12H,8-9,11H2,1-3H3,(H2,19,20,21,22)/t18-/m1/s1. The Hall–Kier alpha value is -1.93. The number of carbonyl (C=O) groups is 1. The van der Waals surface area contributed by atoms with Crippen molar-refractivity contribution in [2.24, 2.45) is 0 Å². The van der Waals surface area contributed by atoms with Gasteiger partial charge < -0.3 is 5.32 Å². The normalized spacial score (nSPS) is 21.7. The predicted octanol–water partition coefficient (Wildman–Crippen LogP) is 3.63. The number of benzene rings is 1. The number of carbonyl (C=O) groups excluding carboxylic acids is 1. The lowest BCUT2D eigenvalue weighted by Gasteiger charge is -2.23. The van der Waals surface area contributed by atoms with Gasteiger partial charge in [-0.05, 0) is 24.8 Å². The van der Waals surface area contributed by atoms with Crippen LogP contribution in [-0.2, 0) is 9.84 Å². The Labute approximate surface area is 158 Å². The number of hydrogen-bond donors (Lipinski definition) is 2. The molecule has 0 bridgehead atoms. The molecule has 1 atom stereocenters. The van der Waals surface area contributed by atoms with Gasteiger partial charge >= 0.3 is 6.03 Å². The number of hydrogen-bond acceptors (Lipinski definition) is 5. The van der Waals surface area contributed by atoms with Crippen molar-refractivity contribution < 1.29 is 13.2 Å². The Morgan fingerprint density at radius 2 is 1.96 bits per heavy atom. The zero-order valence-electron chi connectivity index (χ0n) is 15.1. The summed E-state index contributed by atoms with van der Waals surface area (Å²) in [5.74, 6) is 0.553. The Kier molecular flexibility index (Phi) is 5.07. The van der Waals surface area contributed by atoms with E-state index in [1.165, 1.54) is 16.9 Å². The van der Waals surface area contributed by atoms with E-state index >= 15 is 0 Å². The summed E-state index contributed by atoms with van der Waals surface area (Å²) in [5, 5.41) is 7.84. The van der Waals surface area contributed by atoms with Gasteiger partial charge in [-0.2, -0.15) is 0 Å². The van der Waals surface area contributed by atoms with E-state index in [0.29, 0.717) is 17.5 Å². The fourth-order valence-electron chi connectivity index (χ4n) is 3.01. The molecule has 140 valence electrons. The molecule has 26 heavy (non-hydrogen) atoms. The third-order valence-corrected chi connectivity index (χ3v) is 7.18. The fraction of sp³-hybridized carbons (Fsp3) is 0.444. The van der Waals surface area contributed by atoms with Crippen LogP contribution in [0, 0.1) is 0 Å². The first-order valence-corrected chi connectivity index (χ1v) is 11.2. The van der Waals surface area contributed by atoms with E-state index in [0.717, 1.165) is 11.3 Å². The first-order chi connectivity index (χ1) is 12.2.